The molecule has 2 rings (SSSR count). The second-order valence-corrected chi connectivity index (χ2v) is 9.52. The summed E-state index contributed by atoms with van der Waals surface area (Å²) >= 11 is 0. The lowest BCUT2D eigenvalue weighted by atomic mass is 9.83. The lowest BCUT2D eigenvalue weighted by Gasteiger charge is -2.36. The SMILES string of the molecule is CCOC(=O)CN=C1CCCC(N(C)S(=O)(=O)c2cc(C(F)(F)F)cc(C(F)(F)F)c2)C1C=N. The van der Waals surface area contributed by atoms with Gasteiger partial charge >= 0.3 is 18.3 Å². The standard InChI is InChI=1S/C20H23F6N3O4S/c1-3-33-18(30)11-28-16-5-4-6-17(15(16)10-27)29(2)34(31,32)14-8-12(19(21,22)23)7-13(9-14)20(24,25)26/h7-10,15,17,27H,3-6,11H2,1-2H3. The Morgan fingerprint density at radius 3 is 2.21 bits per heavy atom. The summed E-state index contributed by atoms with van der Waals surface area (Å²) in [5.41, 5.74) is -3.18. The second kappa shape index (κ2) is 10.4. The minimum Gasteiger partial charge on any atom is -0.465 e. The van der Waals surface area contributed by atoms with Gasteiger partial charge in [0, 0.05) is 30.9 Å². The van der Waals surface area contributed by atoms with Gasteiger partial charge in [-0.1, -0.05) is 0 Å². The molecule has 0 radical (unpaired) electrons. The van der Waals surface area contributed by atoms with Crippen LogP contribution in [0, 0.1) is 11.3 Å². The van der Waals surface area contributed by atoms with Gasteiger partial charge in [0.15, 0.2) is 0 Å². The van der Waals surface area contributed by atoms with Crippen LogP contribution in [0.2, 0.25) is 0 Å². The molecule has 2 unspecified atom stereocenters. The Hall–Kier alpha value is -2.48. The van der Waals surface area contributed by atoms with Crippen LogP contribution in [-0.4, -0.2) is 56.9 Å². The van der Waals surface area contributed by atoms with Crippen molar-refractivity contribution in [3.63, 3.8) is 0 Å². The minimum atomic E-state index is -5.21. The molecule has 0 aromatic heterocycles. The molecule has 34 heavy (non-hydrogen) atoms. The van der Waals surface area contributed by atoms with Gasteiger partial charge in [-0.05, 0) is 44.4 Å². The van der Waals surface area contributed by atoms with Crippen molar-refractivity contribution in [3.05, 3.63) is 29.3 Å². The molecular weight excluding hydrogens is 492 g/mol. The highest BCUT2D eigenvalue weighted by Crippen LogP contribution is 2.38. The van der Waals surface area contributed by atoms with Crippen LogP contribution >= 0.6 is 0 Å². The highest BCUT2D eigenvalue weighted by Gasteiger charge is 2.41. The number of hydrogen-bond donors (Lipinski definition) is 1. The molecule has 1 aromatic carbocycles. The first-order valence-corrected chi connectivity index (χ1v) is 11.5. The van der Waals surface area contributed by atoms with Gasteiger partial charge in [-0.3, -0.25) is 9.79 Å². The molecule has 0 heterocycles. The van der Waals surface area contributed by atoms with Crippen molar-refractivity contribution in [2.75, 3.05) is 20.2 Å². The number of esters is 1. The first-order valence-electron chi connectivity index (χ1n) is 10.1. The number of sulfonamides is 1. The number of nitrogens with one attached hydrogen (secondary N) is 1. The van der Waals surface area contributed by atoms with Gasteiger partial charge in [0.1, 0.15) is 6.54 Å². The van der Waals surface area contributed by atoms with Crippen LogP contribution in [0.25, 0.3) is 0 Å². The van der Waals surface area contributed by atoms with E-state index >= 15 is 0 Å². The summed E-state index contributed by atoms with van der Waals surface area (Å²) in [7, 11) is -3.80. The molecule has 1 fully saturated rings. The third-order valence-corrected chi connectivity index (χ3v) is 7.19. The highest BCUT2D eigenvalue weighted by molar-refractivity contribution is 7.89. The molecule has 1 aliphatic carbocycles. The topological polar surface area (TPSA) is 99.9 Å². The quantitative estimate of drug-likeness (QED) is 0.335. The van der Waals surface area contributed by atoms with E-state index in [1.54, 1.807) is 6.92 Å². The molecule has 1 aromatic rings. The number of aliphatic imine (C=N–C) groups is 1. The number of benzene rings is 1. The van der Waals surface area contributed by atoms with Crippen LogP contribution in [0.3, 0.4) is 0 Å². The van der Waals surface area contributed by atoms with E-state index in [1.807, 2.05) is 0 Å². The van der Waals surface area contributed by atoms with Crippen LogP contribution in [0.5, 0.6) is 0 Å². The molecule has 1 N–H and O–H groups in total. The molecule has 0 amide bonds. The largest absolute Gasteiger partial charge is 0.465 e. The van der Waals surface area contributed by atoms with Crippen LogP contribution in [-0.2, 0) is 31.9 Å². The van der Waals surface area contributed by atoms with Crippen LogP contribution < -0.4 is 0 Å². The van der Waals surface area contributed by atoms with E-state index in [-0.39, 0.29) is 37.8 Å². The van der Waals surface area contributed by atoms with Gasteiger partial charge in [0.2, 0.25) is 10.0 Å². The number of ether oxygens (including phenoxy) is 1. The van der Waals surface area contributed by atoms with Gasteiger partial charge < -0.3 is 10.1 Å². The van der Waals surface area contributed by atoms with Crippen molar-refractivity contribution >= 4 is 27.9 Å². The van der Waals surface area contributed by atoms with Gasteiger partial charge in [-0.25, -0.2) is 8.42 Å². The molecule has 0 bridgehead atoms. The summed E-state index contributed by atoms with van der Waals surface area (Å²) in [5.74, 6) is -1.55. The fourth-order valence-corrected chi connectivity index (χ4v) is 5.13. The smallest absolute Gasteiger partial charge is 0.416 e. The summed E-state index contributed by atoms with van der Waals surface area (Å²) < 4.78 is 111. The number of rotatable bonds is 7. The number of carbonyl (C=O) groups is 1. The first-order chi connectivity index (χ1) is 15.6. The van der Waals surface area contributed by atoms with Gasteiger partial charge in [0.05, 0.1) is 22.6 Å². The maximum absolute atomic E-state index is 13.2. The van der Waals surface area contributed by atoms with E-state index < -0.39 is 56.3 Å². The molecule has 190 valence electrons. The molecule has 1 saturated carbocycles. The van der Waals surface area contributed by atoms with Crippen LogP contribution in [0.15, 0.2) is 28.1 Å². The third-order valence-electron chi connectivity index (χ3n) is 5.33. The van der Waals surface area contributed by atoms with Crippen LogP contribution in [0.1, 0.15) is 37.3 Å². The number of carbonyl (C=O) groups excluding carboxylic acids is 1. The van der Waals surface area contributed by atoms with Crippen molar-refractivity contribution in [1.29, 1.82) is 5.41 Å². The molecule has 0 spiro atoms. The molecule has 0 saturated heterocycles. The monoisotopic (exact) mass is 515 g/mol. The summed E-state index contributed by atoms with van der Waals surface area (Å²) in [6.45, 7) is 1.36. The summed E-state index contributed by atoms with van der Waals surface area (Å²) in [4.78, 5) is 14.5. The fraction of sp³-hybridized carbons (Fsp3) is 0.550. The van der Waals surface area contributed by atoms with Crippen LogP contribution in [0.4, 0.5) is 26.3 Å². The zero-order chi connectivity index (χ0) is 25.9. The van der Waals surface area contributed by atoms with Gasteiger partial charge in [-0.2, -0.15) is 30.6 Å². The zero-order valence-electron chi connectivity index (χ0n) is 18.2. The van der Waals surface area contributed by atoms with E-state index in [0.717, 1.165) is 13.3 Å². The zero-order valence-corrected chi connectivity index (χ0v) is 19.0. The van der Waals surface area contributed by atoms with E-state index in [2.05, 4.69) is 4.99 Å². The predicted octanol–water partition coefficient (Wildman–Crippen LogP) is 4.17. The molecule has 14 heteroatoms. The summed E-state index contributed by atoms with van der Waals surface area (Å²) in [6.07, 6.45) is -8.62. The Kier molecular flexibility index (Phi) is 8.51. The normalized spacial score (nSPS) is 21.0. The number of hydrogen-bond acceptors (Lipinski definition) is 6. The second-order valence-electron chi connectivity index (χ2n) is 7.53. The predicted molar refractivity (Wildman–Crippen MR) is 110 cm³/mol. The molecule has 0 aliphatic heterocycles. The molecule has 7 nitrogen and oxygen atoms in total. The van der Waals surface area contributed by atoms with E-state index in [4.69, 9.17) is 10.1 Å². The maximum atomic E-state index is 13.2. The van der Waals surface area contributed by atoms with E-state index in [1.165, 1.54) is 0 Å². The lowest BCUT2D eigenvalue weighted by Crippen LogP contribution is -2.47. The van der Waals surface area contributed by atoms with Gasteiger partial charge in [-0.15, -0.1) is 0 Å². The minimum absolute atomic E-state index is 0.123. The van der Waals surface area contributed by atoms with Crippen molar-refractivity contribution in [2.45, 2.75) is 49.5 Å². The Morgan fingerprint density at radius 1 is 1.18 bits per heavy atom. The first kappa shape index (κ1) is 27.8. The number of nitrogens with zero attached hydrogens (tertiary/aromatic N) is 2. The van der Waals surface area contributed by atoms with E-state index in [0.29, 0.717) is 22.9 Å². The van der Waals surface area contributed by atoms with Crippen molar-refractivity contribution in [2.24, 2.45) is 10.9 Å². The van der Waals surface area contributed by atoms with Crippen molar-refractivity contribution < 1.29 is 44.3 Å². The van der Waals surface area contributed by atoms with Crippen molar-refractivity contribution in [3.8, 4) is 0 Å². The summed E-state index contributed by atoms with van der Waals surface area (Å²) in [5, 5.41) is 7.72. The Labute approximate surface area is 192 Å². The van der Waals surface area contributed by atoms with Gasteiger partial charge in [0.25, 0.3) is 0 Å². The lowest BCUT2D eigenvalue weighted by molar-refractivity contribution is -0.143. The number of halogens is 6. The molecule has 1 aliphatic rings. The highest BCUT2D eigenvalue weighted by atomic mass is 32.2. The Morgan fingerprint density at radius 2 is 1.74 bits per heavy atom. The summed E-state index contributed by atoms with van der Waals surface area (Å²) in [6, 6.07) is -0.848. The van der Waals surface area contributed by atoms with Crippen molar-refractivity contribution in [1.82, 2.24) is 4.31 Å². The Balaban J connectivity index is 2.47. The van der Waals surface area contributed by atoms with E-state index in [9.17, 15) is 39.6 Å². The number of alkyl halides is 6. The molecular formula is C20H23F6N3O4S. The average Bonchev–Trinajstić information content (AvgIpc) is 2.75. The maximum Gasteiger partial charge on any atom is 0.416 e. The third kappa shape index (κ3) is 6.34. The fourth-order valence-electron chi connectivity index (χ4n) is 3.65. The molecule has 2 atom stereocenters. The average molecular weight is 515 g/mol. The Bertz CT molecular complexity index is 1020.